The Labute approximate surface area is 146 Å². The lowest BCUT2D eigenvalue weighted by molar-refractivity contribution is 0.137. The smallest absolute Gasteiger partial charge is 0.163 e. The summed E-state index contributed by atoms with van der Waals surface area (Å²) >= 11 is 0. The third-order valence-corrected chi connectivity index (χ3v) is 5.36. The number of β-amino-alcohol motifs (C(OH)–C–C–N with tert-alkyl or cyclic N) is 1. The summed E-state index contributed by atoms with van der Waals surface area (Å²) in [6, 6.07) is 12.0. The monoisotopic (exact) mass is 332 g/mol. The van der Waals surface area contributed by atoms with Gasteiger partial charge in [-0.3, -0.25) is 4.98 Å². The van der Waals surface area contributed by atoms with Crippen LogP contribution in [0.2, 0.25) is 0 Å². The highest BCUT2D eigenvalue weighted by molar-refractivity contribution is 5.91. The average molecular weight is 332 g/mol. The fourth-order valence-corrected chi connectivity index (χ4v) is 3.90. The van der Waals surface area contributed by atoms with Crippen molar-refractivity contribution in [2.45, 2.75) is 18.9 Å². The molecule has 1 aliphatic carbocycles. The molecule has 1 N–H and O–H groups in total. The van der Waals surface area contributed by atoms with Gasteiger partial charge in [-0.05, 0) is 43.0 Å². The van der Waals surface area contributed by atoms with Crippen LogP contribution in [-0.4, -0.2) is 39.3 Å². The topological polar surface area (TPSA) is 62.1 Å². The van der Waals surface area contributed by atoms with E-state index in [0.29, 0.717) is 24.2 Å². The molecule has 0 spiro atoms. The Kier molecular flexibility index (Phi) is 3.41. The molecular weight excluding hydrogens is 312 g/mol. The summed E-state index contributed by atoms with van der Waals surface area (Å²) in [5, 5.41) is 11.5. The quantitative estimate of drug-likeness (QED) is 0.799. The van der Waals surface area contributed by atoms with Gasteiger partial charge in [0.2, 0.25) is 0 Å². The van der Waals surface area contributed by atoms with Gasteiger partial charge in [-0.2, -0.15) is 0 Å². The molecule has 5 heteroatoms. The Morgan fingerprint density at radius 1 is 1.00 bits per heavy atom. The summed E-state index contributed by atoms with van der Waals surface area (Å²) in [4.78, 5) is 16.0. The van der Waals surface area contributed by atoms with Crippen LogP contribution in [0.15, 0.2) is 48.8 Å². The number of benzene rings is 1. The van der Waals surface area contributed by atoms with Crippen LogP contribution in [0.4, 0.5) is 5.82 Å². The molecule has 1 saturated heterocycles. The first-order valence-electron chi connectivity index (χ1n) is 8.90. The third kappa shape index (κ3) is 2.65. The highest BCUT2D eigenvalue weighted by Crippen LogP contribution is 2.43. The molecule has 5 rings (SSSR count). The fraction of sp³-hybridized carbons (Fsp3) is 0.350. The number of aromatic nitrogens is 3. The van der Waals surface area contributed by atoms with Crippen molar-refractivity contribution < 1.29 is 5.11 Å². The zero-order chi connectivity index (χ0) is 16.8. The Balaban J connectivity index is 1.61. The molecule has 0 radical (unpaired) electrons. The molecule has 1 aliphatic heterocycles. The fourth-order valence-electron chi connectivity index (χ4n) is 3.90. The van der Waals surface area contributed by atoms with Crippen LogP contribution < -0.4 is 4.90 Å². The molecule has 2 aliphatic rings. The minimum atomic E-state index is -0.261. The summed E-state index contributed by atoms with van der Waals surface area (Å²) in [7, 11) is 0. The lowest BCUT2D eigenvalue weighted by Gasteiger charge is -2.20. The van der Waals surface area contributed by atoms with Crippen molar-refractivity contribution in [3.05, 3.63) is 48.8 Å². The standard InChI is InChI=1S/C20H20N4O/c25-18-12-24(11-16(18)13-7-8-13)20-15-5-1-2-6-17(15)22-19(23-20)14-4-3-9-21-10-14/h1-6,9-10,13,16,18,25H,7-8,11-12H2/t16-,18+/m0/s1. The third-order valence-electron chi connectivity index (χ3n) is 5.36. The molecule has 3 aromatic rings. The highest BCUT2D eigenvalue weighted by atomic mass is 16.3. The van der Waals surface area contributed by atoms with E-state index >= 15 is 0 Å². The van der Waals surface area contributed by atoms with Gasteiger partial charge in [-0.15, -0.1) is 0 Å². The van der Waals surface area contributed by atoms with Gasteiger partial charge in [0.25, 0.3) is 0 Å². The average Bonchev–Trinajstić information content (AvgIpc) is 3.43. The number of anilines is 1. The van der Waals surface area contributed by atoms with Crippen LogP contribution in [-0.2, 0) is 0 Å². The molecule has 5 nitrogen and oxygen atoms in total. The first-order valence-corrected chi connectivity index (χ1v) is 8.90. The zero-order valence-electron chi connectivity index (χ0n) is 13.9. The molecule has 3 heterocycles. The van der Waals surface area contributed by atoms with E-state index in [-0.39, 0.29) is 6.10 Å². The predicted octanol–water partition coefficient (Wildman–Crippen LogP) is 2.90. The van der Waals surface area contributed by atoms with E-state index in [0.717, 1.165) is 28.8 Å². The van der Waals surface area contributed by atoms with Crippen LogP contribution in [0, 0.1) is 11.8 Å². The van der Waals surface area contributed by atoms with Crippen molar-refractivity contribution >= 4 is 16.7 Å². The number of hydrogen-bond donors (Lipinski definition) is 1. The van der Waals surface area contributed by atoms with E-state index in [1.54, 1.807) is 12.4 Å². The molecule has 126 valence electrons. The molecule has 0 bridgehead atoms. The molecule has 25 heavy (non-hydrogen) atoms. The van der Waals surface area contributed by atoms with Crippen LogP contribution in [0.25, 0.3) is 22.3 Å². The molecular formula is C20H20N4O. The van der Waals surface area contributed by atoms with Crippen LogP contribution in [0.5, 0.6) is 0 Å². The second kappa shape index (κ2) is 5.77. The minimum Gasteiger partial charge on any atom is -0.391 e. The van der Waals surface area contributed by atoms with Gasteiger partial charge in [0, 0.05) is 42.4 Å². The highest BCUT2D eigenvalue weighted by Gasteiger charge is 2.42. The maximum atomic E-state index is 10.5. The van der Waals surface area contributed by atoms with Gasteiger partial charge in [-0.1, -0.05) is 12.1 Å². The molecule has 2 fully saturated rings. The Hall–Kier alpha value is -2.53. The number of para-hydroxylation sites is 1. The van der Waals surface area contributed by atoms with Crippen molar-refractivity contribution in [1.82, 2.24) is 15.0 Å². The van der Waals surface area contributed by atoms with Crippen molar-refractivity contribution in [2.24, 2.45) is 11.8 Å². The first kappa shape index (κ1) is 14.8. The van der Waals surface area contributed by atoms with Crippen LogP contribution in [0.1, 0.15) is 12.8 Å². The van der Waals surface area contributed by atoms with Gasteiger partial charge in [0.15, 0.2) is 5.82 Å². The maximum Gasteiger partial charge on any atom is 0.163 e. The van der Waals surface area contributed by atoms with Crippen molar-refractivity contribution in [3.8, 4) is 11.4 Å². The summed E-state index contributed by atoms with van der Waals surface area (Å²) in [6.07, 6.45) is 5.78. The second-order valence-electron chi connectivity index (χ2n) is 7.10. The number of fused-ring (bicyclic) bond motifs is 1. The maximum absolute atomic E-state index is 10.5. The molecule has 0 unspecified atom stereocenters. The van der Waals surface area contributed by atoms with Crippen molar-refractivity contribution in [3.63, 3.8) is 0 Å². The number of aliphatic hydroxyl groups is 1. The van der Waals surface area contributed by atoms with E-state index in [9.17, 15) is 5.11 Å². The Bertz CT molecular complexity index is 910. The van der Waals surface area contributed by atoms with Gasteiger partial charge in [0.1, 0.15) is 5.82 Å². The second-order valence-corrected chi connectivity index (χ2v) is 7.10. The van der Waals surface area contributed by atoms with E-state index in [1.165, 1.54) is 12.8 Å². The van der Waals surface area contributed by atoms with E-state index in [2.05, 4.69) is 16.0 Å². The molecule has 2 atom stereocenters. The number of nitrogens with zero attached hydrogens (tertiary/aromatic N) is 4. The van der Waals surface area contributed by atoms with E-state index in [1.807, 2.05) is 30.3 Å². The number of hydrogen-bond acceptors (Lipinski definition) is 5. The molecule has 0 amide bonds. The molecule has 2 aromatic heterocycles. The predicted molar refractivity (Wildman–Crippen MR) is 97.2 cm³/mol. The largest absolute Gasteiger partial charge is 0.391 e. The summed E-state index contributed by atoms with van der Waals surface area (Å²) in [6.45, 7) is 1.52. The molecule has 1 saturated carbocycles. The zero-order valence-corrected chi connectivity index (χ0v) is 13.9. The van der Waals surface area contributed by atoms with E-state index in [4.69, 9.17) is 9.97 Å². The number of pyridine rings is 1. The lowest BCUT2D eigenvalue weighted by atomic mass is 10.0. The summed E-state index contributed by atoms with van der Waals surface area (Å²) in [5.74, 6) is 2.67. The van der Waals surface area contributed by atoms with Crippen molar-refractivity contribution in [1.29, 1.82) is 0 Å². The van der Waals surface area contributed by atoms with Gasteiger partial charge < -0.3 is 10.0 Å². The Morgan fingerprint density at radius 2 is 1.88 bits per heavy atom. The number of aliphatic hydroxyl groups excluding tert-OH is 1. The van der Waals surface area contributed by atoms with Gasteiger partial charge >= 0.3 is 0 Å². The molecule has 1 aromatic carbocycles. The van der Waals surface area contributed by atoms with Crippen LogP contribution >= 0.6 is 0 Å². The SMILES string of the molecule is O[C@@H]1CN(c2nc(-c3cccnc3)nc3ccccc23)C[C@H]1C1CC1. The first-order chi connectivity index (χ1) is 12.3. The Morgan fingerprint density at radius 3 is 2.68 bits per heavy atom. The van der Waals surface area contributed by atoms with Crippen LogP contribution in [0.3, 0.4) is 0 Å². The minimum absolute atomic E-state index is 0.261. The summed E-state index contributed by atoms with van der Waals surface area (Å²) < 4.78 is 0. The van der Waals surface area contributed by atoms with E-state index < -0.39 is 0 Å². The van der Waals surface area contributed by atoms with Gasteiger partial charge in [-0.25, -0.2) is 9.97 Å². The number of rotatable bonds is 3. The summed E-state index contributed by atoms with van der Waals surface area (Å²) in [5.41, 5.74) is 1.84. The normalized spacial score (nSPS) is 23.3. The van der Waals surface area contributed by atoms with Crippen molar-refractivity contribution in [2.75, 3.05) is 18.0 Å². The lowest BCUT2D eigenvalue weighted by Crippen LogP contribution is -2.23. The van der Waals surface area contributed by atoms with Gasteiger partial charge in [0.05, 0.1) is 11.6 Å².